The Bertz CT molecular complexity index is 455. The Balaban J connectivity index is 0.00000400. The number of hydrogen-bond donors (Lipinski definition) is 2. The molecule has 1 atom stereocenters. The highest BCUT2D eigenvalue weighted by molar-refractivity contribution is 14.0. The Labute approximate surface area is 149 Å². The van der Waals surface area contributed by atoms with Gasteiger partial charge in [0.15, 0.2) is 5.96 Å². The van der Waals surface area contributed by atoms with Gasteiger partial charge in [0, 0.05) is 23.2 Å². The third kappa shape index (κ3) is 7.22. The molecule has 120 valence electrons. The highest BCUT2D eigenvalue weighted by atomic mass is 127. The minimum absolute atomic E-state index is 0. The SMILES string of the molecule is CCNC(=NCc1ccc(Cl)cc1OC)NC(C)CC.I. The maximum atomic E-state index is 5.96. The van der Waals surface area contributed by atoms with Crippen molar-refractivity contribution in [2.45, 2.75) is 39.8 Å². The van der Waals surface area contributed by atoms with Crippen LogP contribution in [0.25, 0.3) is 0 Å². The molecule has 0 spiro atoms. The Kier molecular flexibility index (Phi) is 10.6. The van der Waals surface area contributed by atoms with Crippen LogP contribution >= 0.6 is 35.6 Å². The van der Waals surface area contributed by atoms with Gasteiger partial charge in [0.25, 0.3) is 0 Å². The predicted octanol–water partition coefficient (Wildman–Crippen LogP) is 3.82. The maximum Gasteiger partial charge on any atom is 0.191 e. The first-order chi connectivity index (χ1) is 9.60. The van der Waals surface area contributed by atoms with E-state index in [1.807, 2.05) is 12.1 Å². The van der Waals surface area contributed by atoms with Crippen LogP contribution in [-0.4, -0.2) is 25.7 Å². The molecule has 0 fully saturated rings. The van der Waals surface area contributed by atoms with Crippen LogP contribution in [0, 0.1) is 0 Å². The molecule has 21 heavy (non-hydrogen) atoms. The van der Waals surface area contributed by atoms with E-state index < -0.39 is 0 Å². The van der Waals surface area contributed by atoms with Crippen molar-refractivity contribution in [3.05, 3.63) is 28.8 Å². The summed E-state index contributed by atoms with van der Waals surface area (Å²) in [4.78, 5) is 4.58. The van der Waals surface area contributed by atoms with Gasteiger partial charge >= 0.3 is 0 Å². The molecule has 0 aliphatic carbocycles. The van der Waals surface area contributed by atoms with Gasteiger partial charge in [-0.05, 0) is 32.4 Å². The smallest absolute Gasteiger partial charge is 0.191 e. The summed E-state index contributed by atoms with van der Waals surface area (Å²) in [5, 5.41) is 7.26. The second-order valence-electron chi connectivity index (χ2n) is 4.60. The van der Waals surface area contributed by atoms with Gasteiger partial charge in [-0.2, -0.15) is 0 Å². The number of nitrogens with one attached hydrogen (secondary N) is 2. The maximum absolute atomic E-state index is 5.96. The molecule has 4 nitrogen and oxygen atoms in total. The van der Waals surface area contributed by atoms with Crippen molar-refractivity contribution in [1.82, 2.24) is 10.6 Å². The van der Waals surface area contributed by atoms with Gasteiger partial charge in [-0.3, -0.25) is 0 Å². The summed E-state index contributed by atoms with van der Waals surface area (Å²) in [7, 11) is 1.64. The highest BCUT2D eigenvalue weighted by Gasteiger charge is 2.05. The molecule has 0 aromatic heterocycles. The molecule has 0 aliphatic heterocycles. The molecule has 1 aromatic rings. The molecule has 1 rings (SSSR count). The summed E-state index contributed by atoms with van der Waals surface area (Å²) in [6.07, 6.45) is 1.05. The number of guanidine groups is 1. The number of halogens is 2. The van der Waals surface area contributed by atoms with Crippen LogP contribution in [0.15, 0.2) is 23.2 Å². The van der Waals surface area contributed by atoms with E-state index in [1.165, 1.54) is 0 Å². The van der Waals surface area contributed by atoms with Crippen LogP contribution in [0.2, 0.25) is 5.02 Å². The molecule has 6 heteroatoms. The summed E-state index contributed by atoms with van der Waals surface area (Å²) < 4.78 is 5.33. The lowest BCUT2D eigenvalue weighted by Gasteiger charge is -2.16. The second kappa shape index (κ2) is 11.0. The standard InChI is InChI=1S/C15H24ClN3O.HI/c1-5-11(3)19-15(17-6-2)18-10-12-7-8-13(16)9-14(12)20-4;/h7-9,11H,5-6,10H2,1-4H3,(H2,17,18,19);1H. The zero-order chi connectivity index (χ0) is 15.0. The van der Waals surface area contributed by atoms with Crippen molar-refractivity contribution in [1.29, 1.82) is 0 Å². The van der Waals surface area contributed by atoms with E-state index in [2.05, 4.69) is 36.4 Å². The van der Waals surface area contributed by atoms with E-state index in [4.69, 9.17) is 16.3 Å². The molecule has 0 aliphatic rings. The van der Waals surface area contributed by atoms with Crippen LogP contribution in [-0.2, 0) is 6.54 Å². The minimum Gasteiger partial charge on any atom is -0.496 e. The number of ether oxygens (including phenoxy) is 1. The molecule has 1 aromatic carbocycles. The molecular weight excluding hydrogens is 401 g/mol. The second-order valence-corrected chi connectivity index (χ2v) is 5.04. The Morgan fingerprint density at radius 3 is 2.67 bits per heavy atom. The van der Waals surface area contributed by atoms with Crippen molar-refractivity contribution in [2.24, 2.45) is 4.99 Å². The minimum atomic E-state index is 0. The average Bonchev–Trinajstić information content (AvgIpc) is 2.45. The van der Waals surface area contributed by atoms with E-state index in [1.54, 1.807) is 13.2 Å². The lowest BCUT2D eigenvalue weighted by Crippen LogP contribution is -2.41. The van der Waals surface area contributed by atoms with E-state index in [9.17, 15) is 0 Å². The normalized spacial score (nSPS) is 12.3. The number of benzene rings is 1. The number of hydrogen-bond acceptors (Lipinski definition) is 2. The van der Waals surface area contributed by atoms with Crippen LogP contribution in [0.1, 0.15) is 32.8 Å². The average molecular weight is 426 g/mol. The molecule has 0 saturated heterocycles. The monoisotopic (exact) mass is 425 g/mol. The van der Waals surface area contributed by atoms with Gasteiger partial charge in [0.1, 0.15) is 5.75 Å². The molecule has 0 bridgehead atoms. The summed E-state index contributed by atoms with van der Waals surface area (Å²) in [5.74, 6) is 1.58. The van der Waals surface area contributed by atoms with Gasteiger partial charge in [0.05, 0.1) is 13.7 Å². The van der Waals surface area contributed by atoms with Gasteiger partial charge in [0.2, 0.25) is 0 Å². The largest absolute Gasteiger partial charge is 0.496 e. The molecule has 0 heterocycles. The van der Waals surface area contributed by atoms with E-state index >= 15 is 0 Å². The van der Waals surface area contributed by atoms with Crippen LogP contribution in [0.3, 0.4) is 0 Å². The fourth-order valence-electron chi connectivity index (χ4n) is 1.67. The van der Waals surface area contributed by atoms with Crippen molar-refractivity contribution in [2.75, 3.05) is 13.7 Å². The summed E-state index contributed by atoms with van der Waals surface area (Å²) in [6, 6.07) is 5.99. The van der Waals surface area contributed by atoms with Crippen molar-refractivity contribution < 1.29 is 4.74 Å². The Morgan fingerprint density at radius 1 is 1.38 bits per heavy atom. The van der Waals surface area contributed by atoms with Gasteiger partial charge < -0.3 is 15.4 Å². The quantitative estimate of drug-likeness (QED) is 0.414. The van der Waals surface area contributed by atoms with Crippen molar-refractivity contribution in [3.8, 4) is 5.75 Å². The van der Waals surface area contributed by atoms with E-state index in [0.29, 0.717) is 17.6 Å². The van der Waals surface area contributed by atoms with E-state index in [0.717, 1.165) is 30.2 Å². The molecular formula is C15H25ClIN3O. The lowest BCUT2D eigenvalue weighted by atomic mass is 10.2. The summed E-state index contributed by atoms with van der Waals surface area (Å²) in [6.45, 7) is 7.71. The van der Waals surface area contributed by atoms with Crippen LogP contribution in [0.4, 0.5) is 0 Å². The van der Waals surface area contributed by atoms with Crippen LogP contribution < -0.4 is 15.4 Å². The van der Waals surface area contributed by atoms with Crippen molar-refractivity contribution >= 4 is 41.5 Å². The molecule has 0 saturated carbocycles. The Morgan fingerprint density at radius 2 is 2.10 bits per heavy atom. The molecule has 0 radical (unpaired) electrons. The number of methoxy groups -OCH3 is 1. The summed E-state index contributed by atoms with van der Waals surface area (Å²) >= 11 is 5.96. The first-order valence-corrected chi connectivity index (χ1v) is 7.35. The molecule has 0 amide bonds. The number of aliphatic imine (C=N–C) groups is 1. The molecule has 2 N–H and O–H groups in total. The molecule has 1 unspecified atom stereocenters. The third-order valence-corrected chi connectivity index (χ3v) is 3.23. The first kappa shape index (κ1) is 20.3. The lowest BCUT2D eigenvalue weighted by molar-refractivity contribution is 0.410. The number of rotatable bonds is 6. The van der Waals surface area contributed by atoms with Gasteiger partial charge in [-0.1, -0.05) is 24.6 Å². The van der Waals surface area contributed by atoms with Crippen molar-refractivity contribution in [3.63, 3.8) is 0 Å². The van der Waals surface area contributed by atoms with Crippen LogP contribution in [0.5, 0.6) is 5.75 Å². The van der Waals surface area contributed by atoms with Gasteiger partial charge in [-0.25, -0.2) is 4.99 Å². The zero-order valence-corrected chi connectivity index (χ0v) is 16.2. The van der Waals surface area contributed by atoms with Gasteiger partial charge in [-0.15, -0.1) is 24.0 Å². The summed E-state index contributed by atoms with van der Waals surface area (Å²) in [5.41, 5.74) is 1.01. The topological polar surface area (TPSA) is 45.7 Å². The zero-order valence-electron chi connectivity index (χ0n) is 13.1. The van der Waals surface area contributed by atoms with E-state index in [-0.39, 0.29) is 24.0 Å². The first-order valence-electron chi connectivity index (χ1n) is 6.97. The third-order valence-electron chi connectivity index (χ3n) is 3.00. The highest BCUT2D eigenvalue weighted by Crippen LogP contribution is 2.23. The Hall–Kier alpha value is -0.690. The predicted molar refractivity (Wildman–Crippen MR) is 101 cm³/mol. The fraction of sp³-hybridized carbons (Fsp3) is 0.533. The fourth-order valence-corrected chi connectivity index (χ4v) is 1.83. The number of nitrogens with zero attached hydrogens (tertiary/aromatic N) is 1.